The molecule has 3 N–H and O–H groups in total. The van der Waals surface area contributed by atoms with Gasteiger partial charge in [0.05, 0.1) is 5.56 Å². The smallest absolute Gasteiger partial charge is 0.335 e. The Morgan fingerprint density at radius 2 is 1.94 bits per heavy atom. The Bertz CT molecular complexity index is 332. The molecule has 16 heavy (non-hydrogen) atoms. The fourth-order valence-corrected chi connectivity index (χ4v) is 1.65. The van der Waals surface area contributed by atoms with Crippen LogP contribution in [-0.2, 0) is 0 Å². The number of nitrogens with two attached hydrogens (primary N) is 1. The van der Waals surface area contributed by atoms with E-state index in [9.17, 15) is 4.79 Å². The summed E-state index contributed by atoms with van der Waals surface area (Å²) in [7, 11) is 0. The molecule has 88 valence electrons. The quantitative estimate of drug-likeness (QED) is 0.726. The molecule has 0 heterocycles. The fraction of sp³-hybridized carbons (Fsp3) is 0.462. The predicted octanol–water partition coefficient (Wildman–Crippen LogP) is 2.96. The van der Waals surface area contributed by atoms with Crippen LogP contribution >= 0.6 is 0 Å². The van der Waals surface area contributed by atoms with Gasteiger partial charge >= 0.3 is 5.97 Å². The molecule has 1 aromatic carbocycles. The van der Waals surface area contributed by atoms with Gasteiger partial charge < -0.3 is 10.8 Å². The highest BCUT2D eigenvalue weighted by Gasteiger charge is 2.07. The van der Waals surface area contributed by atoms with Crippen molar-refractivity contribution < 1.29 is 9.90 Å². The van der Waals surface area contributed by atoms with Crippen molar-refractivity contribution >= 4 is 5.97 Å². The van der Waals surface area contributed by atoms with Gasteiger partial charge in [0.15, 0.2) is 0 Å². The molecule has 0 unspecified atom stereocenters. The van der Waals surface area contributed by atoms with Crippen molar-refractivity contribution in [1.29, 1.82) is 0 Å². The third-order valence-electron chi connectivity index (χ3n) is 2.70. The minimum absolute atomic E-state index is 0.0226. The standard InChI is InChI=1S/C13H19NO2/c1-2-3-4-5-12(14)10-6-8-11(9-7-10)13(15)16/h6-9,12H,2-5,14H2,1H3,(H,15,16)/t12-/m1/s1. The maximum atomic E-state index is 10.7. The average Bonchev–Trinajstić information content (AvgIpc) is 2.29. The van der Waals surface area contributed by atoms with E-state index in [1.54, 1.807) is 24.3 Å². The molecule has 0 aliphatic heterocycles. The Morgan fingerprint density at radius 3 is 2.44 bits per heavy atom. The van der Waals surface area contributed by atoms with Crippen LogP contribution in [0.4, 0.5) is 0 Å². The number of carboxylic acids is 1. The lowest BCUT2D eigenvalue weighted by Crippen LogP contribution is -2.10. The zero-order chi connectivity index (χ0) is 12.0. The van der Waals surface area contributed by atoms with Crippen molar-refractivity contribution in [3.05, 3.63) is 35.4 Å². The summed E-state index contributed by atoms with van der Waals surface area (Å²) in [5.74, 6) is -0.897. The van der Waals surface area contributed by atoms with Crippen LogP contribution in [0, 0.1) is 0 Å². The number of aromatic carboxylic acids is 1. The molecular formula is C13H19NO2. The van der Waals surface area contributed by atoms with E-state index in [1.165, 1.54) is 12.8 Å². The molecule has 1 rings (SSSR count). The summed E-state index contributed by atoms with van der Waals surface area (Å²) in [6.45, 7) is 2.16. The van der Waals surface area contributed by atoms with Crippen LogP contribution in [-0.4, -0.2) is 11.1 Å². The molecule has 0 aromatic heterocycles. The molecule has 0 aliphatic rings. The summed E-state index contributed by atoms with van der Waals surface area (Å²) in [5, 5.41) is 8.76. The van der Waals surface area contributed by atoms with E-state index in [0.29, 0.717) is 5.56 Å². The van der Waals surface area contributed by atoms with Crippen molar-refractivity contribution in [2.45, 2.75) is 38.6 Å². The molecule has 0 saturated heterocycles. The minimum atomic E-state index is -0.897. The lowest BCUT2D eigenvalue weighted by atomic mass is 10.0. The molecule has 0 radical (unpaired) electrons. The van der Waals surface area contributed by atoms with Gasteiger partial charge in [0.1, 0.15) is 0 Å². The Morgan fingerprint density at radius 1 is 1.31 bits per heavy atom. The Balaban J connectivity index is 2.56. The van der Waals surface area contributed by atoms with Crippen molar-refractivity contribution in [2.75, 3.05) is 0 Å². The molecule has 1 atom stereocenters. The molecule has 3 nitrogen and oxygen atoms in total. The van der Waals surface area contributed by atoms with Crippen molar-refractivity contribution in [3.8, 4) is 0 Å². The molecule has 0 amide bonds. The first-order valence-corrected chi connectivity index (χ1v) is 5.74. The number of rotatable bonds is 6. The van der Waals surface area contributed by atoms with Gasteiger partial charge in [0.2, 0.25) is 0 Å². The lowest BCUT2D eigenvalue weighted by molar-refractivity contribution is 0.0697. The van der Waals surface area contributed by atoms with E-state index in [0.717, 1.165) is 18.4 Å². The average molecular weight is 221 g/mol. The maximum absolute atomic E-state index is 10.7. The van der Waals surface area contributed by atoms with Gasteiger partial charge in [-0.15, -0.1) is 0 Å². The maximum Gasteiger partial charge on any atom is 0.335 e. The Hall–Kier alpha value is -1.35. The second-order valence-corrected chi connectivity index (χ2v) is 4.03. The Kier molecular flexibility index (Phi) is 4.99. The van der Waals surface area contributed by atoms with Gasteiger partial charge in [-0.25, -0.2) is 4.79 Å². The van der Waals surface area contributed by atoms with Gasteiger partial charge in [-0.2, -0.15) is 0 Å². The highest BCUT2D eigenvalue weighted by atomic mass is 16.4. The van der Waals surface area contributed by atoms with Crippen LogP contribution in [0.1, 0.15) is 54.6 Å². The third-order valence-corrected chi connectivity index (χ3v) is 2.70. The van der Waals surface area contributed by atoms with Gasteiger partial charge in [0, 0.05) is 6.04 Å². The molecule has 0 fully saturated rings. The van der Waals surface area contributed by atoms with Crippen molar-refractivity contribution in [3.63, 3.8) is 0 Å². The van der Waals surface area contributed by atoms with Gasteiger partial charge in [-0.05, 0) is 24.1 Å². The zero-order valence-electron chi connectivity index (χ0n) is 9.65. The number of unbranched alkanes of at least 4 members (excludes halogenated alkanes) is 2. The zero-order valence-corrected chi connectivity index (χ0v) is 9.65. The van der Waals surface area contributed by atoms with Crippen LogP contribution in [0.5, 0.6) is 0 Å². The van der Waals surface area contributed by atoms with Crippen LogP contribution in [0.25, 0.3) is 0 Å². The molecule has 0 aliphatic carbocycles. The molecular weight excluding hydrogens is 202 g/mol. The SMILES string of the molecule is CCCCC[C@@H](N)c1ccc(C(=O)O)cc1. The first-order valence-electron chi connectivity index (χ1n) is 5.74. The Labute approximate surface area is 96.3 Å². The van der Waals surface area contributed by atoms with Crippen LogP contribution < -0.4 is 5.73 Å². The fourth-order valence-electron chi connectivity index (χ4n) is 1.65. The predicted molar refractivity (Wildman–Crippen MR) is 64.5 cm³/mol. The second kappa shape index (κ2) is 6.28. The van der Waals surface area contributed by atoms with E-state index in [2.05, 4.69) is 6.92 Å². The summed E-state index contributed by atoms with van der Waals surface area (Å²) in [5.41, 5.74) is 7.34. The first kappa shape index (κ1) is 12.7. The summed E-state index contributed by atoms with van der Waals surface area (Å²) in [6.07, 6.45) is 4.46. The third kappa shape index (κ3) is 3.66. The molecule has 1 aromatic rings. The normalized spacial score (nSPS) is 12.4. The van der Waals surface area contributed by atoms with Crippen molar-refractivity contribution in [2.24, 2.45) is 5.73 Å². The summed E-state index contributed by atoms with van der Waals surface area (Å²) in [4.78, 5) is 10.7. The minimum Gasteiger partial charge on any atom is -0.478 e. The number of hydrogen-bond acceptors (Lipinski definition) is 2. The van der Waals surface area contributed by atoms with E-state index >= 15 is 0 Å². The second-order valence-electron chi connectivity index (χ2n) is 4.03. The van der Waals surface area contributed by atoms with Crippen molar-refractivity contribution in [1.82, 2.24) is 0 Å². The van der Waals surface area contributed by atoms with Crippen LogP contribution in [0.15, 0.2) is 24.3 Å². The van der Waals surface area contributed by atoms with Crippen LogP contribution in [0.3, 0.4) is 0 Å². The molecule has 0 saturated carbocycles. The first-order chi connectivity index (χ1) is 7.65. The molecule has 3 heteroatoms. The number of carboxylic acid groups (broad SMARTS) is 1. The van der Waals surface area contributed by atoms with E-state index in [4.69, 9.17) is 10.8 Å². The highest BCUT2D eigenvalue weighted by molar-refractivity contribution is 5.87. The summed E-state index contributed by atoms with van der Waals surface area (Å²) >= 11 is 0. The lowest BCUT2D eigenvalue weighted by Gasteiger charge is -2.11. The monoisotopic (exact) mass is 221 g/mol. The van der Waals surface area contributed by atoms with E-state index in [1.807, 2.05) is 0 Å². The number of hydrogen-bond donors (Lipinski definition) is 2. The molecule has 0 bridgehead atoms. The highest BCUT2D eigenvalue weighted by Crippen LogP contribution is 2.17. The number of benzene rings is 1. The van der Waals surface area contributed by atoms with Gasteiger partial charge in [-0.1, -0.05) is 38.3 Å². The van der Waals surface area contributed by atoms with E-state index in [-0.39, 0.29) is 6.04 Å². The number of carbonyl (C=O) groups is 1. The van der Waals surface area contributed by atoms with Gasteiger partial charge in [0.25, 0.3) is 0 Å². The summed E-state index contributed by atoms with van der Waals surface area (Å²) in [6, 6.07) is 6.85. The molecule has 0 spiro atoms. The van der Waals surface area contributed by atoms with E-state index < -0.39 is 5.97 Å². The van der Waals surface area contributed by atoms with Crippen LogP contribution in [0.2, 0.25) is 0 Å². The summed E-state index contributed by atoms with van der Waals surface area (Å²) < 4.78 is 0. The largest absolute Gasteiger partial charge is 0.478 e. The topological polar surface area (TPSA) is 63.3 Å². The van der Waals surface area contributed by atoms with Gasteiger partial charge in [-0.3, -0.25) is 0 Å².